The first-order valence-corrected chi connectivity index (χ1v) is 13.4. The van der Waals surface area contributed by atoms with E-state index in [1.807, 2.05) is 0 Å². The zero-order chi connectivity index (χ0) is 28.4. The number of sulfone groups is 1. The summed E-state index contributed by atoms with van der Waals surface area (Å²) in [5.74, 6) is -0.695. The molecule has 0 aliphatic carbocycles. The van der Waals surface area contributed by atoms with E-state index in [0.29, 0.717) is 11.3 Å². The predicted molar refractivity (Wildman–Crippen MR) is 141 cm³/mol. The van der Waals surface area contributed by atoms with Crippen molar-refractivity contribution in [3.63, 3.8) is 0 Å². The summed E-state index contributed by atoms with van der Waals surface area (Å²) in [6.07, 6.45) is -3.32. The number of nitrogens with zero attached hydrogens (tertiary/aromatic N) is 2. The molecule has 0 aliphatic rings. The quantitative estimate of drug-likeness (QED) is 0.302. The van der Waals surface area contributed by atoms with E-state index in [9.17, 15) is 31.5 Å². The number of amides is 1. The normalized spacial score (nSPS) is 12.6. The van der Waals surface area contributed by atoms with Gasteiger partial charge in [-0.15, -0.1) is 0 Å². The Morgan fingerprint density at radius 3 is 2.33 bits per heavy atom. The number of alkyl halides is 3. The third-order valence-electron chi connectivity index (χ3n) is 5.83. The van der Waals surface area contributed by atoms with Crippen molar-refractivity contribution < 1.29 is 36.2 Å². The lowest BCUT2D eigenvalue weighted by Crippen LogP contribution is -2.14. The molecule has 0 saturated heterocycles. The van der Waals surface area contributed by atoms with Gasteiger partial charge in [0.15, 0.2) is 9.84 Å². The summed E-state index contributed by atoms with van der Waals surface area (Å²) in [6.45, 7) is 0.0273. The van der Waals surface area contributed by atoms with Crippen LogP contribution in [0, 0.1) is 0 Å². The monoisotopic (exact) mass is 556 g/mol. The Bertz CT molecular complexity index is 1680. The zero-order valence-electron chi connectivity index (χ0n) is 20.9. The molecular weight excluding hydrogens is 533 g/mol. The van der Waals surface area contributed by atoms with E-state index in [1.54, 1.807) is 12.1 Å². The number of benzene rings is 3. The van der Waals surface area contributed by atoms with E-state index in [0.717, 1.165) is 30.0 Å². The van der Waals surface area contributed by atoms with Gasteiger partial charge >= 0.3 is 6.18 Å². The molecule has 0 bridgehead atoms. The van der Waals surface area contributed by atoms with Crippen LogP contribution in [-0.2, 0) is 27.2 Å². The summed E-state index contributed by atoms with van der Waals surface area (Å²) in [7, 11) is -2.44. The number of rotatable bonds is 7. The predicted octanol–water partition coefficient (Wildman–Crippen LogP) is 5.50. The average molecular weight is 557 g/mol. The molecule has 39 heavy (non-hydrogen) atoms. The van der Waals surface area contributed by atoms with Crippen molar-refractivity contribution >= 4 is 32.4 Å². The Labute approximate surface area is 222 Å². The topological polar surface area (TPSA) is 106 Å². The number of phenols is 1. The van der Waals surface area contributed by atoms with Gasteiger partial charge in [0.1, 0.15) is 11.4 Å². The van der Waals surface area contributed by atoms with Crippen molar-refractivity contribution in [3.8, 4) is 16.9 Å². The number of hydrogen-bond acceptors (Lipinski definition) is 6. The van der Waals surface area contributed by atoms with Crippen LogP contribution in [0.15, 0.2) is 82.7 Å². The van der Waals surface area contributed by atoms with Crippen LogP contribution in [0.5, 0.6) is 5.75 Å². The molecule has 202 valence electrons. The SMILES string of the molecule is COCC(Cc1ccc(O)cc1)=NC(=O)c1cc(S(C)(=O)=O)c2cc(-c3cccc(C(F)(F)F)c3)ccc2n1. The lowest BCUT2D eigenvalue weighted by molar-refractivity contribution is -0.137. The number of ether oxygens (including phenoxy) is 1. The van der Waals surface area contributed by atoms with Gasteiger partial charge in [-0.3, -0.25) is 4.79 Å². The van der Waals surface area contributed by atoms with Crippen LogP contribution in [0.4, 0.5) is 13.2 Å². The molecule has 1 amide bonds. The second-order valence-electron chi connectivity index (χ2n) is 8.85. The maximum absolute atomic E-state index is 13.2. The molecule has 0 unspecified atom stereocenters. The van der Waals surface area contributed by atoms with Crippen LogP contribution >= 0.6 is 0 Å². The molecule has 0 fully saturated rings. The van der Waals surface area contributed by atoms with Crippen molar-refractivity contribution in [1.82, 2.24) is 4.98 Å². The summed E-state index contributed by atoms with van der Waals surface area (Å²) >= 11 is 0. The Hall–Kier alpha value is -4.09. The van der Waals surface area contributed by atoms with Gasteiger partial charge in [0.25, 0.3) is 5.91 Å². The Balaban J connectivity index is 1.77. The fourth-order valence-electron chi connectivity index (χ4n) is 4.01. The van der Waals surface area contributed by atoms with Crippen molar-refractivity contribution in [2.75, 3.05) is 20.0 Å². The number of carbonyl (C=O) groups excluding carboxylic acids is 1. The third-order valence-corrected chi connectivity index (χ3v) is 6.96. The highest BCUT2D eigenvalue weighted by Crippen LogP contribution is 2.34. The number of carbonyl (C=O) groups is 1. The maximum atomic E-state index is 13.2. The number of fused-ring (bicyclic) bond motifs is 1. The van der Waals surface area contributed by atoms with Gasteiger partial charge in [-0.1, -0.05) is 30.3 Å². The molecule has 0 spiro atoms. The number of methoxy groups -OCH3 is 1. The number of halogens is 3. The molecule has 0 radical (unpaired) electrons. The van der Waals surface area contributed by atoms with Crippen molar-refractivity contribution in [2.45, 2.75) is 17.5 Å². The van der Waals surface area contributed by atoms with Gasteiger partial charge in [-0.05, 0) is 59.2 Å². The van der Waals surface area contributed by atoms with Gasteiger partial charge < -0.3 is 9.84 Å². The summed E-state index contributed by atoms with van der Waals surface area (Å²) in [5, 5.41) is 9.64. The minimum atomic E-state index is -4.54. The smallest absolute Gasteiger partial charge is 0.416 e. The van der Waals surface area contributed by atoms with Gasteiger partial charge in [0, 0.05) is 25.2 Å². The second-order valence-corrected chi connectivity index (χ2v) is 10.8. The van der Waals surface area contributed by atoms with Crippen molar-refractivity contribution in [1.29, 1.82) is 0 Å². The van der Waals surface area contributed by atoms with Gasteiger partial charge in [-0.25, -0.2) is 18.4 Å². The molecule has 4 rings (SSSR count). The molecule has 3 aromatic carbocycles. The molecule has 0 aliphatic heterocycles. The molecule has 1 N–H and O–H groups in total. The zero-order valence-corrected chi connectivity index (χ0v) is 21.7. The number of aliphatic imine (C=N–C) groups is 1. The van der Waals surface area contributed by atoms with Crippen molar-refractivity contribution in [3.05, 3.63) is 89.6 Å². The fraction of sp³-hybridized carbons (Fsp3) is 0.179. The van der Waals surface area contributed by atoms with Crippen LogP contribution in [0.1, 0.15) is 21.6 Å². The second kappa shape index (κ2) is 11.0. The Kier molecular flexibility index (Phi) is 7.84. The van der Waals surface area contributed by atoms with E-state index in [4.69, 9.17) is 4.74 Å². The first-order valence-electron chi connectivity index (χ1n) is 11.6. The largest absolute Gasteiger partial charge is 0.508 e. The van der Waals surface area contributed by atoms with E-state index in [1.165, 1.54) is 49.6 Å². The third kappa shape index (κ3) is 6.68. The number of hydrogen-bond donors (Lipinski definition) is 1. The van der Waals surface area contributed by atoms with E-state index < -0.39 is 27.5 Å². The van der Waals surface area contributed by atoms with Gasteiger partial charge in [-0.2, -0.15) is 13.2 Å². The van der Waals surface area contributed by atoms with Crippen LogP contribution in [0.25, 0.3) is 22.0 Å². The van der Waals surface area contributed by atoms with Gasteiger partial charge in [0.2, 0.25) is 0 Å². The molecule has 1 aromatic heterocycles. The minimum absolute atomic E-state index is 0.0273. The molecule has 7 nitrogen and oxygen atoms in total. The van der Waals surface area contributed by atoms with E-state index >= 15 is 0 Å². The molecule has 4 aromatic rings. The van der Waals surface area contributed by atoms with E-state index in [-0.39, 0.29) is 45.8 Å². The number of phenolic OH excluding ortho intramolecular Hbond substituents is 1. The Morgan fingerprint density at radius 1 is 1.00 bits per heavy atom. The highest BCUT2D eigenvalue weighted by Gasteiger charge is 2.30. The fourth-order valence-corrected chi connectivity index (χ4v) is 4.89. The molecule has 1 heterocycles. The number of aromatic nitrogens is 1. The number of pyridine rings is 1. The lowest BCUT2D eigenvalue weighted by atomic mass is 10.0. The summed E-state index contributed by atoms with van der Waals surface area (Å²) < 4.78 is 70.1. The minimum Gasteiger partial charge on any atom is -0.508 e. The Morgan fingerprint density at radius 2 is 1.69 bits per heavy atom. The maximum Gasteiger partial charge on any atom is 0.416 e. The summed E-state index contributed by atoms with van der Waals surface area (Å²) in [4.78, 5) is 21.3. The summed E-state index contributed by atoms with van der Waals surface area (Å²) in [6, 6.07) is 16.5. The van der Waals surface area contributed by atoms with Crippen LogP contribution in [0.2, 0.25) is 0 Å². The highest BCUT2D eigenvalue weighted by molar-refractivity contribution is 7.91. The molecular formula is C28H23F3N2O5S. The lowest BCUT2D eigenvalue weighted by Gasteiger charge is -2.11. The first-order chi connectivity index (χ1) is 18.3. The molecule has 0 atom stereocenters. The van der Waals surface area contributed by atoms with Crippen LogP contribution in [0.3, 0.4) is 0 Å². The van der Waals surface area contributed by atoms with Crippen molar-refractivity contribution in [2.24, 2.45) is 4.99 Å². The van der Waals surface area contributed by atoms with Crippen LogP contribution < -0.4 is 0 Å². The first kappa shape index (κ1) is 27.9. The standard InChI is InChI=1S/C28H23F3N2O5S/c1-38-16-21(12-17-6-9-22(34)10-7-17)32-27(35)25-15-26(39(2,36)37)23-14-19(8-11-24(23)33-25)18-4-3-5-20(13-18)28(29,30)31/h3-11,13-15,34H,12,16H2,1-2H3. The van der Waals surface area contributed by atoms with E-state index in [2.05, 4.69) is 9.98 Å². The summed E-state index contributed by atoms with van der Waals surface area (Å²) in [5.41, 5.74) is 0.841. The average Bonchev–Trinajstić information content (AvgIpc) is 2.88. The highest BCUT2D eigenvalue weighted by atomic mass is 32.2. The van der Waals surface area contributed by atoms with Gasteiger partial charge in [0.05, 0.1) is 28.3 Å². The van der Waals surface area contributed by atoms with Crippen LogP contribution in [-0.4, -0.2) is 50.1 Å². The molecule has 0 saturated carbocycles. The molecule has 11 heteroatoms. The number of aromatic hydroxyl groups is 1.